The van der Waals surface area contributed by atoms with Crippen LogP contribution in [0.25, 0.3) is 0 Å². The Labute approximate surface area is 144 Å². The highest BCUT2D eigenvalue weighted by Gasteiger charge is 2.13. The molecular formula is C20H16BrNO. The number of carbonyl (C=O) groups is 1. The van der Waals surface area contributed by atoms with E-state index in [-0.39, 0.29) is 5.78 Å². The molecule has 0 fully saturated rings. The summed E-state index contributed by atoms with van der Waals surface area (Å²) >= 11 is 3.39. The quantitative estimate of drug-likeness (QED) is 0.530. The molecule has 0 spiro atoms. The number of benzene rings is 3. The van der Waals surface area contributed by atoms with Crippen molar-refractivity contribution >= 4 is 27.4 Å². The zero-order valence-corrected chi connectivity index (χ0v) is 14.1. The molecule has 3 aromatic rings. The first-order chi connectivity index (χ1) is 11.1. The third kappa shape index (κ3) is 3.69. The SMILES string of the molecule is Nc1ccc(Br)cc1C(=O)c1cccc(Cc2ccccc2)c1. The highest BCUT2D eigenvalue weighted by molar-refractivity contribution is 9.10. The molecule has 0 aliphatic heterocycles. The van der Waals surface area contributed by atoms with Crippen LogP contribution in [0, 0.1) is 0 Å². The minimum absolute atomic E-state index is 0.0567. The smallest absolute Gasteiger partial charge is 0.195 e. The molecule has 2 N–H and O–H groups in total. The van der Waals surface area contributed by atoms with E-state index in [1.165, 1.54) is 5.56 Å². The first kappa shape index (κ1) is 15.5. The number of halogens is 1. The van der Waals surface area contributed by atoms with Crippen molar-refractivity contribution < 1.29 is 4.79 Å². The number of rotatable bonds is 4. The van der Waals surface area contributed by atoms with E-state index in [1.54, 1.807) is 12.1 Å². The van der Waals surface area contributed by atoms with Crippen molar-refractivity contribution in [2.45, 2.75) is 6.42 Å². The highest BCUT2D eigenvalue weighted by atomic mass is 79.9. The van der Waals surface area contributed by atoms with Crippen molar-refractivity contribution in [3.63, 3.8) is 0 Å². The number of carbonyl (C=O) groups excluding carboxylic acids is 1. The molecule has 0 unspecified atom stereocenters. The third-order valence-electron chi connectivity index (χ3n) is 3.70. The molecule has 2 nitrogen and oxygen atoms in total. The second-order valence-electron chi connectivity index (χ2n) is 5.42. The van der Waals surface area contributed by atoms with E-state index in [0.717, 1.165) is 16.5 Å². The van der Waals surface area contributed by atoms with Gasteiger partial charge in [0.25, 0.3) is 0 Å². The normalized spacial score (nSPS) is 10.5. The summed E-state index contributed by atoms with van der Waals surface area (Å²) in [5.41, 5.74) is 9.95. The van der Waals surface area contributed by atoms with Crippen molar-refractivity contribution in [3.8, 4) is 0 Å². The van der Waals surface area contributed by atoms with Gasteiger partial charge in [0.2, 0.25) is 0 Å². The van der Waals surface area contributed by atoms with E-state index in [9.17, 15) is 4.79 Å². The molecule has 0 heterocycles. The largest absolute Gasteiger partial charge is 0.398 e. The van der Waals surface area contributed by atoms with Gasteiger partial charge in [0.1, 0.15) is 0 Å². The van der Waals surface area contributed by atoms with Gasteiger partial charge in [-0.1, -0.05) is 64.5 Å². The maximum absolute atomic E-state index is 12.7. The molecule has 0 saturated carbocycles. The minimum atomic E-state index is -0.0567. The van der Waals surface area contributed by atoms with Gasteiger partial charge in [0.15, 0.2) is 5.78 Å². The van der Waals surface area contributed by atoms with Crippen LogP contribution in [0.1, 0.15) is 27.0 Å². The Morgan fingerprint density at radius 1 is 0.870 bits per heavy atom. The second kappa shape index (κ2) is 6.80. The number of anilines is 1. The van der Waals surface area contributed by atoms with Gasteiger partial charge >= 0.3 is 0 Å². The number of nitrogens with two attached hydrogens (primary N) is 1. The van der Waals surface area contributed by atoms with Crippen LogP contribution in [0.3, 0.4) is 0 Å². The standard InChI is InChI=1S/C20H16BrNO/c21-17-9-10-19(22)18(13-17)20(23)16-8-4-7-15(12-16)11-14-5-2-1-3-6-14/h1-10,12-13H,11,22H2. The van der Waals surface area contributed by atoms with Crippen molar-refractivity contribution in [3.05, 3.63) is 99.5 Å². The molecule has 0 radical (unpaired) electrons. The highest BCUT2D eigenvalue weighted by Crippen LogP contribution is 2.22. The summed E-state index contributed by atoms with van der Waals surface area (Å²) in [6, 6.07) is 23.3. The lowest BCUT2D eigenvalue weighted by molar-refractivity contribution is 0.103. The Morgan fingerprint density at radius 2 is 1.61 bits per heavy atom. The summed E-state index contributed by atoms with van der Waals surface area (Å²) in [6.45, 7) is 0. The average molecular weight is 366 g/mol. The maximum Gasteiger partial charge on any atom is 0.195 e. The van der Waals surface area contributed by atoms with Crippen LogP contribution in [0.4, 0.5) is 5.69 Å². The Kier molecular flexibility index (Phi) is 4.58. The average Bonchev–Trinajstić information content (AvgIpc) is 2.57. The summed E-state index contributed by atoms with van der Waals surface area (Å²) in [4.78, 5) is 12.7. The Morgan fingerprint density at radius 3 is 2.39 bits per heavy atom. The molecule has 0 atom stereocenters. The number of hydrogen-bond acceptors (Lipinski definition) is 2. The monoisotopic (exact) mass is 365 g/mol. The summed E-state index contributed by atoms with van der Waals surface area (Å²) in [7, 11) is 0. The zero-order valence-electron chi connectivity index (χ0n) is 12.5. The Balaban J connectivity index is 1.90. The maximum atomic E-state index is 12.7. The molecule has 0 aliphatic rings. The van der Waals surface area contributed by atoms with E-state index in [1.807, 2.05) is 48.5 Å². The molecular weight excluding hydrogens is 350 g/mol. The predicted octanol–water partition coefficient (Wildman–Crippen LogP) is 4.85. The second-order valence-corrected chi connectivity index (χ2v) is 6.34. The van der Waals surface area contributed by atoms with Gasteiger partial charge in [-0.05, 0) is 41.8 Å². The van der Waals surface area contributed by atoms with Crippen LogP contribution in [-0.2, 0) is 6.42 Å². The summed E-state index contributed by atoms with van der Waals surface area (Å²) in [6.07, 6.45) is 0.802. The summed E-state index contributed by atoms with van der Waals surface area (Å²) < 4.78 is 0.843. The van der Waals surface area contributed by atoms with Crippen molar-refractivity contribution in [2.24, 2.45) is 0 Å². The van der Waals surface area contributed by atoms with Crippen LogP contribution < -0.4 is 5.73 Å². The van der Waals surface area contributed by atoms with Crippen LogP contribution in [-0.4, -0.2) is 5.78 Å². The van der Waals surface area contributed by atoms with Crippen molar-refractivity contribution in [1.82, 2.24) is 0 Å². The number of ketones is 1. The first-order valence-corrected chi connectivity index (χ1v) is 8.15. The number of hydrogen-bond donors (Lipinski definition) is 1. The van der Waals surface area contributed by atoms with Gasteiger partial charge < -0.3 is 5.73 Å². The molecule has 3 rings (SSSR count). The van der Waals surface area contributed by atoms with Crippen molar-refractivity contribution in [1.29, 1.82) is 0 Å². The number of nitrogen functional groups attached to an aromatic ring is 1. The van der Waals surface area contributed by atoms with Gasteiger partial charge in [-0.15, -0.1) is 0 Å². The van der Waals surface area contributed by atoms with Gasteiger partial charge in [-0.2, -0.15) is 0 Å². The topological polar surface area (TPSA) is 43.1 Å². The third-order valence-corrected chi connectivity index (χ3v) is 4.19. The van der Waals surface area contributed by atoms with Crippen LogP contribution >= 0.6 is 15.9 Å². The Bertz CT molecular complexity index is 843. The molecule has 3 aromatic carbocycles. The lowest BCUT2D eigenvalue weighted by Crippen LogP contribution is -2.06. The molecule has 0 bridgehead atoms. The van der Waals surface area contributed by atoms with Crippen LogP contribution in [0.15, 0.2) is 77.3 Å². The van der Waals surface area contributed by atoms with E-state index in [2.05, 4.69) is 28.1 Å². The van der Waals surface area contributed by atoms with E-state index < -0.39 is 0 Å². The summed E-state index contributed by atoms with van der Waals surface area (Å²) in [5, 5.41) is 0. The van der Waals surface area contributed by atoms with E-state index >= 15 is 0 Å². The lowest BCUT2D eigenvalue weighted by atomic mass is 9.97. The predicted molar refractivity (Wildman–Crippen MR) is 97.7 cm³/mol. The fourth-order valence-corrected chi connectivity index (χ4v) is 2.90. The van der Waals surface area contributed by atoms with Gasteiger partial charge in [-0.25, -0.2) is 0 Å². The lowest BCUT2D eigenvalue weighted by Gasteiger charge is -2.08. The molecule has 114 valence electrons. The Hall–Kier alpha value is -2.39. The minimum Gasteiger partial charge on any atom is -0.398 e. The van der Waals surface area contributed by atoms with E-state index in [4.69, 9.17) is 5.73 Å². The first-order valence-electron chi connectivity index (χ1n) is 7.36. The van der Waals surface area contributed by atoms with Gasteiger partial charge in [0, 0.05) is 21.3 Å². The summed E-state index contributed by atoms with van der Waals surface area (Å²) in [5.74, 6) is -0.0567. The van der Waals surface area contributed by atoms with Gasteiger partial charge in [0.05, 0.1) is 0 Å². The fourth-order valence-electron chi connectivity index (χ4n) is 2.53. The molecule has 0 aliphatic carbocycles. The fraction of sp³-hybridized carbons (Fsp3) is 0.0500. The molecule has 0 aromatic heterocycles. The molecule has 3 heteroatoms. The van der Waals surface area contributed by atoms with Crippen molar-refractivity contribution in [2.75, 3.05) is 5.73 Å². The zero-order chi connectivity index (χ0) is 16.2. The molecule has 0 saturated heterocycles. The van der Waals surface area contributed by atoms with Gasteiger partial charge in [-0.3, -0.25) is 4.79 Å². The van der Waals surface area contributed by atoms with Crippen LogP contribution in [0.5, 0.6) is 0 Å². The van der Waals surface area contributed by atoms with Crippen LogP contribution in [0.2, 0.25) is 0 Å². The van der Waals surface area contributed by atoms with E-state index in [0.29, 0.717) is 16.8 Å². The molecule has 23 heavy (non-hydrogen) atoms. The molecule has 0 amide bonds.